The van der Waals surface area contributed by atoms with Gasteiger partial charge in [-0.05, 0) is 22.9 Å². The van der Waals surface area contributed by atoms with Gasteiger partial charge in [0.15, 0.2) is 0 Å². The lowest BCUT2D eigenvalue weighted by Gasteiger charge is -2.19. The quantitative estimate of drug-likeness (QED) is 0.520. The highest BCUT2D eigenvalue weighted by atomic mass is 32.1. The summed E-state index contributed by atoms with van der Waals surface area (Å²) < 4.78 is 0. The first-order chi connectivity index (χ1) is 15.7. The molecule has 1 fully saturated rings. The highest BCUT2D eigenvalue weighted by Gasteiger charge is 2.28. The Balaban J connectivity index is 1.59. The molecule has 0 saturated carbocycles. The fourth-order valence-electron chi connectivity index (χ4n) is 3.74. The van der Waals surface area contributed by atoms with Crippen LogP contribution in [0.2, 0.25) is 0 Å². The maximum Gasteiger partial charge on any atom is 0.323 e. The van der Waals surface area contributed by atoms with E-state index in [2.05, 4.69) is 36.7 Å². The topological polar surface area (TPSA) is 90.5 Å². The summed E-state index contributed by atoms with van der Waals surface area (Å²) in [7, 11) is 0. The molecule has 0 spiro atoms. The summed E-state index contributed by atoms with van der Waals surface area (Å²) in [5.41, 5.74) is 1.00. The number of hydrogen-bond acceptors (Lipinski definition) is 4. The Bertz CT molecular complexity index is 1210. The predicted octanol–water partition coefficient (Wildman–Crippen LogP) is 4.80. The number of nitrogens with one attached hydrogen (secondary N) is 3. The molecule has 172 valence electrons. The number of fused-ring (bicyclic) bond motifs is 1. The van der Waals surface area contributed by atoms with Gasteiger partial charge in [-0.25, -0.2) is 4.79 Å². The fourth-order valence-corrected chi connectivity index (χ4v) is 4.88. The molecule has 1 aliphatic rings. The molecule has 0 atom stereocenters. The number of anilines is 2. The molecular weight excluding hydrogens is 436 g/mol. The molecule has 3 aromatic rings. The van der Waals surface area contributed by atoms with E-state index >= 15 is 0 Å². The molecule has 2 aromatic carbocycles. The number of thiophene rings is 1. The third kappa shape index (κ3) is 5.17. The second-order valence-corrected chi connectivity index (χ2v) is 10.2. The van der Waals surface area contributed by atoms with Gasteiger partial charge in [0.25, 0.3) is 5.91 Å². The van der Waals surface area contributed by atoms with Gasteiger partial charge in [0, 0.05) is 36.3 Å². The van der Waals surface area contributed by atoms with Crippen molar-refractivity contribution in [3.63, 3.8) is 0 Å². The van der Waals surface area contributed by atoms with Crippen LogP contribution in [-0.4, -0.2) is 42.4 Å². The Morgan fingerprint density at radius 2 is 1.73 bits per heavy atom. The van der Waals surface area contributed by atoms with E-state index in [9.17, 15) is 14.4 Å². The maximum atomic E-state index is 13.4. The molecule has 4 amide bonds. The zero-order valence-electron chi connectivity index (χ0n) is 19.0. The molecule has 1 aromatic heterocycles. The monoisotopic (exact) mass is 464 g/mol. The van der Waals surface area contributed by atoms with E-state index < -0.39 is 6.03 Å². The maximum absolute atomic E-state index is 13.4. The minimum atomic E-state index is -0.411. The average Bonchev–Trinajstić information content (AvgIpc) is 3.07. The molecule has 0 bridgehead atoms. The van der Waals surface area contributed by atoms with Crippen LogP contribution in [0.5, 0.6) is 0 Å². The van der Waals surface area contributed by atoms with Crippen molar-refractivity contribution in [2.24, 2.45) is 0 Å². The lowest BCUT2D eigenvalue weighted by molar-refractivity contribution is -0.120. The van der Waals surface area contributed by atoms with Crippen LogP contribution < -0.4 is 16.0 Å². The molecule has 33 heavy (non-hydrogen) atoms. The van der Waals surface area contributed by atoms with Crippen LogP contribution in [0.15, 0.2) is 48.5 Å². The third-order valence-electron chi connectivity index (χ3n) is 5.55. The third-order valence-corrected chi connectivity index (χ3v) is 7.10. The standard InChI is InChI=1S/C25H28N4O3S/c1-25(2,3)20-15-19(22(33-20)23(31)29-13-11-21(30)26-12-14-29)28-24(32)27-18-10-6-8-16-7-4-5-9-17(16)18/h4-10,15H,11-14H2,1-3H3,(H,26,30)(H2,27,28,32). The number of carbonyl (C=O) groups is 3. The molecule has 3 N–H and O–H groups in total. The number of rotatable bonds is 3. The highest BCUT2D eigenvalue weighted by molar-refractivity contribution is 7.14. The Morgan fingerprint density at radius 3 is 2.52 bits per heavy atom. The summed E-state index contributed by atoms with van der Waals surface area (Å²) in [5.74, 6) is -0.230. The van der Waals surface area contributed by atoms with Crippen molar-refractivity contribution in [1.82, 2.24) is 10.2 Å². The molecule has 0 aliphatic carbocycles. The van der Waals surface area contributed by atoms with Gasteiger partial charge < -0.3 is 20.9 Å². The Hall–Kier alpha value is -3.39. The van der Waals surface area contributed by atoms with Gasteiger partial charge >= 0.3 is 6.03 Å². The second kappa shape index (κ2) is 9.23. The van der Waals surface area contributed by atoms with Crippen LogP contribution in [0, 0.1) is 0 Å². The van der Waals surface area contributed by atoms with Crippen LogP contribution in [-0.2, 0) is 10.2 Å². The van der Waals surface area contributed by atoms with Crippen molar-refractivity contribution in [2.75, 3.05) is 30.3 Å². The minimum absolute atomic E-state index is 0.0559. The summed E-state index contributed by atoms with van der Waals surface area (Å²) >= 11 is 1.39. The zero-order chi connectivity index (χ0) is 23.6. The number of benzene rings is 2. The first kappa shape index (κ1) is 22.8. The van der Waals surface area contributed by atoms with E-state index in [1.54, 1.807) is 4.90 Å². The van der Waals surface area contributed by atoms with Gasteiger partial charge in [-0.2, -0.15) is 0 Å². The average molecular weight is 465 g/mol. The van der Waals surface area contributed by atoms with Crippen LogP contribution >= 0.6 is 11.3 Å². The number of nitrogens with zero attached hydrogens (tertiary/aromatic N) is 1. The van der Waals surface area contributed by atoms with E-state index in [-0.39, 0.29) is 23.7 Å². The molecule has 1 aliphatic heterocycles. The summed E-state index contributed by atoms with van der Waals surface area (Å²) in [6.45, 7) is 7.43. The SMILES string of the molecule is CC(C)(C)c1cc(NC(=O)Nc2cccc3ccccc23)c(C(=O)N2CCNC(=O)CC2)s1. The largest absolute Gasteiger partial charge is 0.354 e. The summed E-state index contributed by atoms with van der Waals surface area (Å²) in [5, 5.41) is 10.6. The van der Waals surface area contributed by atoms with Crippen LogP contribution in [0.25, 0.3) is 10.8 Å². The van der Waals surface area contributed by atoms with E-state index in [0.717, 1.165) is 15.6 Å². The number of carbonyl (C=O) groups excluding carboxylic acids is 3. The minimum Gasteiger partial charge on any atom is -0.354 e. The molecule has 1 saturated heterocycles. The van der Waals surface area contributed by atoms with Crippen LogP contribution in [0.4, 0.5) is 16.2 Å². The first-order valence-electron chi connectivity index (χ1n) is 11.0. The molecule has 4 rings (SSSR count). The Labute approximate surface area is 197 Å². The highest BCUT2D eigenvalue weighted by Crippen LogP contribution is 2.36. The molecule has 8 heteroatoms. The van der Waals surface area contributed by atoms with Crippen molar-refractivity contribution in [3.8, 4) is 0 Å². The zero-order valence-corrected chi connectivity index (χ0v) is 19.8. The Morgan fingerprint density at radius 1 is 1.00 bits per heavy atom. The molecular formula is C25H28N4O3S. The summed E-state index contributed by atoms with van der Waals surface area (Å²) in [6, 6.07) is 15.0. The van der Waals surface area contributed by atoms with Gasteiger partial charge in [-0.3, -0.25) is 9.59 Å². The van der Waals surface area contributed by atoms with E-state index in [1.165, 1.54) is 11.3 Å². The van der Waals surface area contributed by atoms with E-state index in [1.807, 2.05) is 48.5 Å². The summed E-state index contributed by atoms with van der Waals surface area (Å²) in [4.78, 5) is 41.1. The van der Waals surface area contributed by atoms with Crippen molar-refractivity contribution in [1.29, 1.82) is 0 Å². The van der Waals surface area contributed by atoms with Crippen molar-refractivity contribution in [3.05, 3.63) is 58.3 Å². The van der Waals surface area contributed by atoms with Crippen molar-refractivity contribution in [2.45, 2.75) is 32.6 Å². The van der Waals surface area contributed by atoms with Crippen LogP contribution in [0.1, 0.15) is 41.7 Å². The Kier molecular flexibility index (Phi) is 6.37. The summed E-state index contributed by atoms with van der Waals surface area (Å²) in [6.07, 6.45) is 0.271. The van der Waals surface area contributed by atoms with Crippen LogP contribution in [0.3, 0.4) is 0 Å². The molecule has 0 radical (unpaired) electrons. The number of amides is 4. The number of hydrogen-bond donors (Lipinski definition) is 3. The number of urea groups is 1. The van der Waals surface area contributed by atoms with Crippen molar-refractivity contribution < 1.29 is 14.4 Å². The second-order valence-electron chi connectivity index (χ2n) is 9.10. The predicted molar refractivity (Wildman–Crippen MR) is 133 cm³/mol. The lowest BCUT2D eigenvalue weighted by atomic mass is 9.94. The first-order valence-corrected chi connectivity index (χ1v) is 11.8. The molecule has 7 nitrogen and oxygen atoms in total. The van der Waals surface area contributed by atoms with Gasteiger partial charge in [-0.1, -0.05) is 57.2 Å². The van der Waals surface area contributed by atoms with Gasteiger partial charge in [0.2, 0.25) is 5.91 Å². The van der Waals surface area contributed by atoms with Gasteiger partial charge in [0.1, 0.15) is 4.88 Å². The molecule has 0 unspecified atom stereocenters. The van der Waals surface area contributed by atoms with Gasteiger partial charge in [-0.15, -0.1) is 11.3 Å². The van der Waals surface area contributed by atoms with Crippen molar-refractivity contribution >= 4 is 51.3 Å². The lowest BCUT2D eigenvalue weighted by Crippen LogP contribution is -2.34. The van der Waals surface area contributed by atoms with Gasteiger partial charge in [0.05, 0.1) is 11.4 Å². The van der Waals surface area contributed by atoms with E-state index in [4.69, 9.17) is 0 Å². The normalized spacial score (nSPS) is 14.5. The smallest absolute Gasteiger partial charge is 0.323 e. The fraction of sp³-hybridized carbons (Fsp3) is 0.320. The molecule has 2 heterocycles. The van der Waals surface area contributed by atoms with E-state index in [0.29, 0.717) is 35.9 Å².